The Balaban J connectivity index is 2.35. The molecule has 3 N–H and O–H groups in total. The van der Waals surface area contributed by atoms with Gasteiger partial charge in [-0.25, -0.2) is 0 Å². The van der Waals surface area contributed by atoms with Crippen molar-refractivity contribution < 1.29 is 52.8 Å². The zero-order valence-corrected chi connectivity index (χ0v) is 22.4. The van der Waals surface area contributed by atoms with Gasteiger partial charge in [0.2, 0.25) is 11.8 Å². The Morgan fingerprint density at radius 3 is 2.32 bits per heavy atom. The molecule has 0 saturated carbocycles. The zero-order valence-electron chi connectivity index (χ0n) is 21.6. The molecule has 1 fully saturated rings. The van der Waals surface area contributed by atoms with Crippen molar-refractivity contribution in [3.05, 3.63) is 0 Å². The number of carboxylic acid groups (broad SMARTS) is 1. The van der Waals surface area contributed by atoms with Crippen molar-refractivity contribution in [3.63, 3.8) is 0 Å². The molecule has 2 atom stereocenters. The molecule has 1 heterocycles. The largest absolute Gasteiger partial charge is 0.481 e. The van der Waals surface area contributed by atoms with Crippen molar-refractivity contribution in [2.24, 2.45) is 5.41 Å². The third-order valence-electron chi connectivity index (χ3n) is 5.38. The number of thioether (sulfide) groups is 1. The van der Waals surface area contributed by atoms with E-state index in [0.29, 0.717) is 0 Å². The van der Waals surface area contributed by atoms with Crippen molar-refractivity contribution >= 4 is 46.4 Å². The number of hydrogen-bond acceptors (Lipinski definition) is 11. The first-order chi connectivity index (χ1) is 17.3. The zero-order chi connectivity index (χ0) is 28.1. The van der Waals surface area contributed by atoms with E-state index in [2.05, 4.69) is 15.4 Å². The van der Waals surface area contributed by atoms with E-state index in [4.69, 9.17) is 19.3 Å². The van der Waals surface area contributed by atoms with Gasteiger partial charge in [-0.1, -0.05) is 25.6 Å². The molecule has 1 unspecified atom stereocenters. The van der Waals surface area contributed by atoms with E-state index in [0.717, 1.165) is 11.8 Å². The van der Waals surface area contributed by atoms with Crippen LogP contribution in [0.3, 0.4) is 0 Å². The first kappa shape index (κ1) is 32.5. The molecule has 1 rings (SSSR count). The first-order valence-electron chi connectivity index (χ1n) is 11.7. The summed E-state index contributed by atoms with van der Waals surface area (Å²) >= 11 is 0.904. The molecule has 2 amide bonds. The van der Waals surface area contributed by atoms with Crippen LogP contribution in [0.1, 0.15) is 52.4 Å². The molecule has 0 spiro atoms. The maximum atomic E-state index is 12.8. The van der Waals surface area contributed by atoms with Gasteiger partial charge in [0.25, 0.3) is 5.97 Å². The van der Waals surface area contributed by atoms with Crippen LogP contribution in [0.2, 0.25) is 0 Å². The second kappa shape index (κ2) is 15.6. The minimum Gasteiger partial charge on any atom is -0.481 e. The molecule has 1 aliphatic heterocycles. The van der Waals surface area contributed by atoms with E-state index in [-0.39, 0.29) is 80.8 Å². The maximum absolute atomic E-state index is 12.8. The summed E-state index contributed by atoms with van der Waals surface area (Å²) in [4.78, 5) is 70.3. The molecule has 1 aliphatic rings. The molecule has 37 heavy (non-hydrogen) atoms. The lowest BCUT2D eigenvalue weighted by molar-refractivity contribution is -0.425. The molecule has 0 aliphatic carbocycles. The van der Waals surface area contributed by atoms with Crippen LogP contribution >= 0.6 is 11.8 Å². The Hall–Kier alpha value is -2.55. The Morgan fingerprint density at radius 2 is 1.70 bits per heavy atom. The summed E-state index contributed by atoms with van der Waals surface area (Å²) in [5.41, 5.74) is -0.734. The van der Waals surface area contributed by atoms with Crippen molar-refractivity contribution in [2.45, 2.75) is 64.4 Å². The number of rotatable bonds is 16. The molecule has 0 aromatic rings. The highest BCUT2D eigenvalue weighted by Crippen LogP contribution is 2.38. The number of carbonyl (C=O) groups is 6. The van der Waals surface area contributed by atoms with Crippen molar-refractivity contribution in [1.29, 1.82) is 0 Å². The molecule has 13 nitrogen and oxygen atoms in total. The summed E-state index contributed by atoms with van der Waals surface area (Å²) in [5.74, 6) is -4.17. The van der Waals surface area contributed by atoms with Gasteiger partial charge in [0, 0.05) is 50.6 Å². The number of aliphatic carboxylic acids is 1. The standard InChI is InChI=1S/C23H36N2O11S/c1-22(2)14-35-23(34-4,9-7-17(28)29)36-20(22)21(32)25-10-8-16(27)24-11-12-37-19(31)13-15(26)5-6-18(30)33-3/h20H,5-14H2,1-4H3,(H,24,27)(H,25,32)(H,28,29)/t20-,23?/m0/s1. The Kier molecular flexibility index (Phi) is 13.7. The minimum absolute atomic E-state index is 0.0194. The van der Waals surface area contributed by atoms with Crippen LogP contribution in [-0.2, 0) is 47.7 Å². The lowest BCUT2D eigenvalue weighted by Crippen LogP contribution is -2.59. The number of carbonyl (C=O) groups excluding carboxylic acids is 5. The number of methoxy groups -OCH3 is 2. The summed E-state index contributed by atoms with van der Waals surface area (Å²) in [6.45, 7) is 3.82. The fourth-order valence-corrected chi connectivity index (χ4v) is 3.93. The second-order valence-corrected chi connectivity index (χ2v) is 10.1. The second-order valence-electron chi connectivity index (χ2n) is 8.96. The van der Waals surface area contributed by atoms with Crippen molar-refractivity contribution in [1.82, 2.24) is 10.6 Å². The first-order valence-corrected chi connectivity index (χ1v) is 12.7. The molecule has 0 aromatic heterocycles. The Labute approximate surface area is 219 Å². The number of amides is 2. The summed E-state index contributed by atoms with van der Waals surface area (Å²) in [6.07, 6.45) is -1.85. The number of Topliss-reactive ketones (excluding diaryl/α,β-unsaturated/α-hetero) is 1. The SMILES string of the molecule is COC(=O)CCC(=O)CC(=O)SCCNC(=O)CCNC(=O)[C@@H]1OC(CCC(=O)O)(OC)OCC1(C)C. The molecule has 0 radical (unpaired) electrons. The van der Waals surface area contributed by atoms with Crippen LogP contribution in [0.25, 0.3) is 0 Å². The van der Waals surface area contributed by atoms with E-state index >= 15 is 0 Å². The Bertz CT molecular complexity index is 849. The van der Waals surface area contributed by atoms with E-state index in [9.17, 15) is 28.8 Å². The molecule has 1 saturated heterocycles. The fraction of sp³-hybridized carbons (Fsp3) is 0.739. The van der Waals surface area contributed by atoms with Gasteiger partial charge < -0.3 is 34.7 Å². The molecular formula is C23H36N2O11S. The van der Waals surface area contributed by atoms with Crippen LogP contribution in [-0.4, -0.2) is 91.5 Å². The average molecular weight is 549 g/mol. The predicted octanol–water partition coefficient (Wildman–Crippen LogP) is 0.388. The van der Waals surface area contributed by atoms with Gasteiger partial charge in [-0.15, -0.1) is 0 Å². The fourth-order valence-electron chi connectivity index (χ4n) is 3.23. The van der Waals surface area contributed by atoms with Gasteiger partial charge in [0.15, 0.2) is 5.12 Å². The minimum atomic E-state index is -1.66. The Morgan fingerprint density at radius 1 is 1.00 bits per heavy atom. The highest BCUT2D eigenvalue weighted by atomic mass is 32.2. The van der Waals surface area contributed by atoms with E-state index in [1.165, 1.54) is 14.2 Å². The van der Waals surface area contributed by atoms with Gasteiger partial charge in [-0.05, 0) is 0 Å². The summed E-state index contributed by atoms with van der Waals surface area (Å²) < 4.78 is 21.1. The van der Waals surface area contributed by atoms with E-state index < -0.39 is 35.3 Å². The lowest BCUT2D eigenvalue weighted by atomic mass is 9.85. The van der Waals surface area contributed by atoms with Crippen molar-refractivity contribution in [2.75, 3.05) is 39.7 Å². The molecule has 210 valence electrons. The predicted molar refractivity (Wildman–Crippen MR) is 130 cm³/mol. The maximum Gasteiger partial charge on any atom is 0.305 e. The number of nitrogens with one attached hydrogen (secondary N) is 2. The van der Waals surface area contributed by atoms with Gasteiger partial charge in [-0.3, -0.25) is 28.8 Å². The highest BCUT2D eigenvalue weighted by Gasteiger charge is 2.50. The summed E-state index contributed by atoms with van der Waals surface area (Å²) in [5, 5.41) is 13.9. The molecule has 14 heteroatoms. The normalized spacial score (nSPS) is 20.5. The lowest BCUT2D eigenvalue weighted by Gasteiger charge is -2.46. The number of hydrogen-bond donors (Lipinski definition) is 3. The van der Waals surface area contributed by atoms with Crippen molar-refractivity contribution in [3.8, 4) is 0 Å². The number of carboxylic acids is 1. The van der Waals surface area contributed by atoms with Crippen LogP contribution in [0.15, 0.2) is 0 Å². The quantitative estimate of drug-likeness (QED) is 0.137. The average Bonchev–Trinajstić information content (AvgIpc) is 2.84. The van der Waals surface area contributed by atoms with Crippen LogP contribution < -0.4 is 10.6 Å². The van der Waals surface area contributed by atoms with E-state index in [1.54, 1.807) is 13.8 Å². The van der Waals surface area contributed by atoms with Crippen LogP contribution in [0, 0.1) is 5.41 Å². The van der Waals surface area contributed by atoms with Crippen LogP contribution in [0.4, 0.5) is 0 Å². The smallest absolute Gasteiger partial charge is 0.305 e. The van der Waals surface area contributed by atoms with Gasteiger partial charge in [-0.2, -0.15) is 0 Å². The summed E-state index contributed by atoms with van der Waals surface area (Å²) in [7, 11) is 2.52. The number of ketones is 1. The topological polar surface area (TPSA) is 184 Å². The molecule has 0 bridgehead atoms. The molecule has 0 aromatic carbocycles. The van der Waals surface area contributed by atoms with Gasteiger partial charge >= 0.3 is 11.9 Å². The van der Waals surface area contributed by atoms with Gasteiger partial charge in [0.05, 0.1) is 33.0 Å². The monoisotopic (exact) mass is 548 g/mol. The number of esters is 1. The van der Waals surface area contributed by atoms with Gasteiger partial charge in [0.1, 0.15) is 11.9 Å². The third kappa shape index (κ3) is 12.0. The highest BCUT2D eigenvalue weighted by molar-refractivity contribution is 8.13. The third-order valence-corrected chi connectivity index (χ3v) is 6.26. The van der Waals surface area contributed by atoms with E-state index in [1.807, 2.05) is 0 Å². The summed E-state index contributed by atoms with van der Waals surface area (Å²) in [6, 6.07) is 0. The molecular weight excluding hydrogens is 512 g/mol. The van der Waals surface area contributed by atoms with Crippen LogP contribution in [0.5, 0.6) is 0 Å². The number of ether oxygens (including phenoxy) is 4.